The zero-order valence-corrected chi connectivity index (χ0v) is 18.4. The summed E-state index contributed by atoms with van der Waals surface area (Å²) in [5, 5.41) is 2.70. The summed E-state index contributed by atoms with van der Waals surface area (Å²) in [4.78, 5) is 24.9. The number of anilines is 1. The first-order chi connectivity index (χ1) is 13.4. The van der Waals surface area contributed by atoms with Gasteiger partial charge < -0.3 is 14.8 Å². The highest BCUT2D eigenvalue weighted by Crippen LogP contribution is 2.30. The van der Waals surface area contributed by atoms with Crippen molar-refractivity contribution < 1.29 is 19.1 Å². The molecule has 0 saturated heterocycles. The molecular weight excluding hydrogens is 366 g/mol. The van der Waals surface area contributed by atoms with Crippen LogP contribution in [0.1, 0.15) is 63.0 Å². The number of ether oxygens (including phenoxy) is 2. The molecule has 5 heteroatoms. The molecule has 2 rings (SSSR count). The number of para-hydroxylation sites is 2. The summed E-state index contributed by atoms with van der Waals surface area (Å²) < 4.78 is 10.5. The second-order valence-corrected chi connectivity index (χ2v) is 9.12. The predicted molar refractivity (Wildman–Crippen MR) is 116 cm³/mol. The van der Waals surface area contributed by atoms with Crippen LogP contribution >= 0.6 is 0 Å². The van der Waals surface area contributed by atoms with Gasteiger partial charge in [-0.3, -0.25) is 4.79 Å². The summed E-state index contributed by atoms with van der Waals surface area (Å²) in [6.07, 6.45) is 0. The first-order valence-corrected chi connectivity index (χ1v) is 9.68. The van der Waals surface area contributed by atoms with Crippen LogP contribution in [0, 0.1) is 0 Å². The van der Waals surface area contributed by atoms with E-state index in [1.807, 2.05) is 18.2 Å². The van der Waals surface area contributed by atoms with Crippen LogP contribution in [0.4, 0.5) is 5.69 Å². The SMILES string of the molecule is COc1ccccc1NC(=O)COC(=O)c1cc(C(C)(C)C)cc(C(C)(C)C)c1. The summed E-state index contributed by atoms with van der Waals surface area (Å²) >= 11 is 0. The van der Waals surface area contributed by atoms with E-state index in [0.717, 1.165) is 11.1 Å². The van der Waals surface area contributed by atoms with Gasteiger partial charge in [0.1, 0.15) is 5.75 Å². The van der Waals surface area contributed by atoms with Crippen LogP contribution in [-0.4, -0.2) is 25.6 Å². The van der Waals surface area contributed by atoms with E-state index in [1.165, 1.54) is 7.11 Å². The first-order valence-electron chi connectivity index (χ1n) is 9.68. The molecule has 0 saturated carbocycles. The lowest BCUT2D eigenvalue weighted by atomic mass is 9.79. The van der Waals surface area contributed by atoms with Crippen molar-refractivity contribution in [1.82, 2.24) is 0 Å². The van der Waals surface area contributed by atoms with Gasteiger partial charge in [0.2, 0.25) is 0 Å². The van der Waals surface area contributed by atoms with Crippen LogP contribution in [0.5, 0.6) is 5.75 Å². The number of nitrogens with one attached hydrogen (secondary N) is 1. The van der Waals surface area contributed by atoms with Crippen molar-refractivity contribution in [2.45, 2.75) is 52.4 Å². The Hall–Kier alpha value is -2.82. The van der Waals surface area contributed by atoms with Crippen molar-refractivity contribution in [3.8, 4) is 5.75 Å². The van der Waals surface area contributed by atoms with E-state index in [2.05, 4.69) is 52.9 Å². The zero-order valence-electron chi connectivity index (χ0n) is 18.4. The second-order valence-electron chi connectivity index (χ2n) is 9.12. The molecule has 2 aromatic rings. The Morgan fingerprint density at radius 3 is 1.97 bits per heavy atom. The molecule has 0 bridgehead atoms. The largest absolute Gasteiger partial charge is 0.495 e. The summed E-state index contributed by atoms with van der Waals surface area (Å²) in [6.45, 7) is 12.2. The molecule has 5 nitrogen and oxygen atoms in total. The number of carbonyl (C=O) groups excluding carboxylic acids is 2. The van der Waals surface area contributed by atoms with Crippen LogP contribution in [0.2, 0.25) is 0 Å². The van der Waals surface area contributed by atoms with Crippen molar-refractivity contribution in [2.24, 2.45) is 0 Å². The normalized spacial score (nSPS) is 11.7. The van der Waals surface area contributed by atoms with Crippen molar-refractivity contribution in [3.05, 3.63) is 59.2 Å². The highest BCUT2D eigenvalue weighted by molar-refractivity contribution is 5.96. The number of carbonyl (C=O) groups is 2. The number of hydrogen-bond donors (Lipinski definition) is 1. The van der Waals surface area contributed by atoms with Crippen LogP contribution in [0.3, 0.4) is 0 Å². The fraction of sp³-hybridized carbons (Fsp3) is 0.417. The van der Waals surface area contributed by atoms with Gasteiger partial charge >= 0.3 is 5.97 Å². The van der Waals surface area contributed by atoms with Crippen molar-refractivity contribution in [2.75, 3.05) is 19.0 Å². The Balaban J connectivity index is 2.15. The van der Waals surface area contributed by atoms with E-state index in [9.17, 15) is 9.59 Å². The topological polar surface area (TPSA) is 64.6 Å². The van der Waals surface area contributed by atoms with Crippen molar-refractivity contribution >= 4 is 17.6 Å². The van der Waals surface area contributed by atoms with E-state index in [4.69, 9.17) is 9.47 Å². The van der Waals surface area contributed by atoms with E-state index >= 15 is 0 Å². The molecule has 0 aliphatic heterocycles. The predicted octanol–water partition coefficient (Wildman–Crippen LogP) is 5.09. The van der Waals surface area contributed by atoms with E-state index in [-0.39, 0.29) is 17.4 Å². The van der Waals surface area contributed by atoms with Crippen LogP contribution in [0.15, 0.2) is 42.5 Å². The molecule has 0 aliphatic rings. The monoisotopic (exact) mass is 397 g/mol. The number of benzene rings is 2. The highest BCUT2D eigenvalue weighted by atomic mass is 16.5. The molecule has 29 heavy (non-hydrogen) atoms. The Kier molecular flexibility index (Phi) is 6.73. The standard InChI is InChI=1S/C24H31NO4/c1-23(2,3)17-12-16(13-18(14-17)24(4,5)6)22(27)29-15-21(26)25-19-10-8-9-11-20(19)28-7/h8-14H,15H2,1-7H3,(H,25,26). The number of esters is 1. The Bertz CT molecular complexity index is 856. The number of hydrogen-bond acceptors (Lipinski definition) is 4. The highest BCUT2D eigenvalue weighted by Gasteiger charge is 2.23. The van der Waals surface area contributed by atoms with Crippen LogP contribution in [-0.2, 0) is 20.4 Å². The molecule has 1 N–H and O–H groups in total. The summed E-state index contributed by atoms with van der Waals surface area (Å²) in [5.74, 6) is -0.400. The minimum atomic E-state index is -0.517. The molecule has 0 spiro atoms. The van der Waals surface area contributed by atoms with Gasteiger partial charge in [0.15, 0.2) is 6.61 Å². The molecule has 0 heterocycles. The van der Waals surface area contributed by atoms with Gasteiger partial charge in [-0.1, -0.05) is 59.7 Å². The van der Waals surface area contributed by atoms with E-state index in [1.54, 1.807) is 18.2 Å². The van der Waals surface area contributed by atoms with Gasteiger partial charge in [-0.15, -0.1) is 0 Å². The third kappa shape index (κ3) is 6.08. The molecule has 1 amide bonds. The van der Waals surface area contributed by atoms with Crippen LogP contribution in [0.25, 0.3) is 0 Å². The van der Waals surface area contributed by atoms with E-state index < -0.39 is 11.9 Å². The Morgan fingerprint density at radius 1 is 0.897 bits per heavy atom. The zero-order chi connectivity index (χ0) is 21.8. The second kappa shape index (κ2) is 8.68. The van der Waals surface area contributed by atoms with Gasteiger partial charge in [-0.05, 0) is 46.2 Å². The molecular formula is C24H31NO4. The number of methoxy groups -OCH3 is 1. The number of rotatable bonds is 5. The van der Waals surface area contributed by atoms with E-state index in [0.29, 0.717) is 17.0 Å². The minimum Gasteiger partial charge on any atom is -0.495 e. The van der Waals surface area contributed by atoms with Gasteiger partial charge in [0.25, 0.3) is 5.91 Å². The third-order valence-corrected chi connectivity index (χ3v) is 4.62. The van der Waals surface area contributed by atoms with Gasteiger partial charge in [-0.25, -0.2) is 4.79 Å². The Labute approximate surface area is 173 Å². The molecule has 0 aromatic heterocycles. The quantitative estimate of drug-likeness (QED) is 0.714. The maximum absolute atomic E-state index is 12.7. The average Bonchev–Trinajstić information content (AvgIpc) is 2.64. The molecule has 0 radical (unpaired) electrons. The maximum Gasteiger partial charge on any atom is 0.338 e. The lowest BCUT2D eigenvalue weighted by molar-refractivity contribution is -0.119. The lowest BCUT2D eigenvalue weighted by Crippen LogP contribution is -2.22. The van der Waals surface area contributed by atoms with Gasteiger partial charge in [0.05, 0.1) is 18.4 Å². The lowest BCUT2D eigenvalue weighted by Gasteiger charge is -2.25. The Morgan fingerprint density at radius 2 is 1.45 bits per heavy atom. The fourth-order valence-corrected chi connectivity index (χ4v) is 2.76. The first kappa shape index (κ1) is 22.5. The molecule has 156 valence electrons. The van der Waals surface area contributed by atoms with Gasteiger partial charge in [0, 0.05) is 0 Å². The van der Waals surface area contributed by atoms with Gasteiger partial charge in [-0.2, -0.15) is 0 Å². The molecule has 0 unspecified atom stereocenters. The number of amides is 1. The third-order valence-electron chi connectivity index (χ3n) is 4.62. The maximum atomic E-state index is 12.7. The van der Waals surface area contributed by atoms with Crippen molar-refractivity contribution in [1.29, 1.82) is 0 Å². The summed E-state index contributed by atoms with van der Waals surface area (Å²) in [6, 6.07) is 12.9. The average molecular weight is 398 g/mol. The molecule has 2 aromatic carbocycles. The van der Waals surface area contributed by atoms with Crippen LogP contribution < -0.4 is 10.1 Å². The smallest absolute Gasteiger partial charge is 0.338 e. The summed E-state index contributed by atoms with van der Waals surface area (Å²) in [7, 11) is 1.53. The minimum absolute atomic E-state index is 0.114. The summed E-state index contributed by atoms with van der Waals surface area (Å²) in [5.41, 5.74) is 2.86. The fourth-order valence-electron chi connectivity index (χ4n) is 2.76. The molecule has 0 aliphatic carbocycles. The van der Waals surface area contributed by atoms with Crippen molar-refractivity contribution in [3.63, 3.8) is 0 Å². The molecule has 0 fully saturated rings. The molecule has 0 atom stereocenters.